The van der Waals surface area contributed by atoms with Crippen LogP contribution in [0.15, 0.2) is 29.3 Å². The minimum atomic E-state index is 0.00129. The van der Waals surface area contributed by atoms with Gasteiger partial charge in [-0.05, 0) is 44.2 Å². The number of carbonyl (C=O) groups excluding carboxylic acids is 2. The molecule has 1 aliphatic heterocycles. The van der Waals surface area contributed by atoms with Crippen LogP contribution < -0.4 is 20.9 Å². The second-order valence-electron chi connectivity index (χ2n) is 6.96. The monoisotopic (exact) mass is 371 g/mol. The average Bonchev–Trinajstić information content (AvgIpc) is 3.53. The number of aliphatic imine (C=N–C) groups is 1. The van der Waals surface area contributed by atoms with Gasteiger partial charge in [0.15, 0.2) is 5.96 Å². The van der Waals surface area contributed by atoms with Crippen molar-refractivity contribution in [3.05, 3.63) is 29.8 Å². The van der Waals surface area contributed by atoms with Crippen LogP contribution in [-0.2, 0) is 16.0 Å². The van der Waals surface area contributed by atoms with Crippen molar-refractivity contribution in [2.45, 2.75) is 32.6 Å². The number of hydrogen-bond acceptors (Lipinski definition) is 3. The normalized spacial score (nSPS) is 16.5. The van der Waals surface area contributed by atoms with E-state index < -0.39 is 0 Å². The number of guanidine groups is 1. The first kappa shape index (κ1) is 19.2. The van der Waals surface area contributed by atoms with E-state index in [4.69, 9.17) is 0 Å². The van der Waals surface area contributed by atoms with Crippen molar-refractivity contribution in [1.29, 1.82) is 0 Å². The molecule has 2 amide bonds. The van der Waals surface area contributed by atoms with Crippen LogP contribution in [0.4, 0.5) is 5.69 Å². The highest BCUT2D eigenvalue weighted by Gasteiger charge is 2.29. The molecule has 0 radical (unpaired) electrons. The van der Waals surface area contributed by atoms with Crippen LogP contribution in [0.3, 0.4) is 0 Å². The molecular formula is C20H29N5O2. The van der Waals surface area contributed by atoms with E-state index in [1.54, 1.807) is 0 Å². The SMILES string of the molecule is CCNC(=NCC(=O)N1CCCc2ccccc21)NCCNC(=O)C1CC1. The van der Waals surface area contributed by atoms with Crippen LogP contribution in [0.5, 0.6) is 0 Å². The number of benzene rings is 1. The van der Waals surface area contributed by atoms with Gasteiger partial charge in [-0.25, -0.2) is 4.99 Å². The van der Waals surface area contributed by atoms with Gasteiger partial charge < -0.3 is 20.9 Å². The molecule has 1 aliphatic carbocycles. The lowest BCUT2D eigenvalue weighted by atomic mass is 10.0. The third-order valence-electron chi connectivity index (χ3n) is 4.79. The average molecular weight is 371 g/mol. The molecule has 1 aromatic rings. The van der Waals surface area contributed by atoms with Gasteiger partial charge >= 0.3 is 0 Å². The zero-order chi connectivity index (χ0) is 19.1. The zero-order valence-corrected chi connectivity index (χ0v) is 16.0. The summed E-state index contributed by atoms with van der Waals surface area (Å²) in [6, 6.07) is 8.07. The quantitative estimate of drug-likeness (QED) is 0.380. The third-order valence-corrected chi connectivity index (χ3v) is 4.79. The lowest BCUT2D eigenvalue weighted by Crippen LogP contribution is -2.43. The van der Waals surface area contributed by atoms with Crippen molar-refractivity contribution >= 4 is 23.5 Å². The van der Waals surface area contributed by atoms with E-state index in [-0.39, 0.29) is 24.3 Å². The fourth-order valence-corrected chi connectivity index (χ4v) is 3.22. The van der Waals surface area contributed by atoms with Crippen LogP contribution in [0.25, 0.3) is 0 Å². The lowest BCUT2D eigenvalue weighted by molar-refractivity contribution is -0.122. The maximum absolute atomic E-state index is 12.7. The Kier molecular flexibility index (Phi) is 6.68. The molecule has 1 heterocycles. The van der Waals surface area contributed by atoms with Gasteiger partial charge in [-0.2, -0.15) is 0 Å². The molecule has 3 N–H and O–H groups in total. The first-order valence-electron chi connectivity index (χ1n) is 9.87. The van der Waals surface area contributed by atoms with Crippen LogP contribution in [0, 0.1) is 5.92 Å². The number of amides is 2. The van der Waals surface area contributed by atoms with E-state index in [1.165, 1.54) is 5.56 Å². The summed E-state index contributed by atoms with van der Waals surface area (Å²) < 4.78 is 0. The van der Waals surface area contributed by atoms with E-state index >= 15 is 0 Å². The molecule has 0 unspecified atom stereocenters. The number of para-hydroxylation sites is 1. The molecule has 27 heavy (non-hydrogen) atoms. The first-order valence-corrected chi connectivity index (χ1v) is 9.87. The number of aryl methyl sites for hydroxylation is 1. The Labute approximate surface area is 160 Å². The Morgan fingerprint density at radius 3 is 2.70 bits per heavy atom. The summed E-state index contributed by atoms with van der Waals surface area (Å²) in [6.45, 7) is 4.65. The number of nitrogens with zero attached hydrogens (tertiary/aromatic N) is 2. The fraction of sp³-hybridized carbons (Fsp3) is 0.550. The van der Waals surface area contributed by atoms with Crippen LogP contribution in [0.2, 0.25) is 0 Å². The molecule has 0 saturated heterocycles. The number of fused-ring (bicyclic) bond motifs is 1. The third kappa shape index (κ3) is 5.45. The molecule has 0 aromatic heterocycles. The molecule has 0 spiro atoms. The van der Waals surface area contributed by atoms with E-state index in [0.717, 1.165) is 37.9 Å². The summed E-state index contributed by atoms with van der Waals surface area (Å²) in [7, 11) is 0. The number of anilines is 1. The Balaban J connectivity index is 1.50. The van der Waals surface area contributed by atoms with Crippen molar-refractivity contribution in [2.24, 2.45) is 10.9 Å². The van der Waals surface area contributed by atoms with Crippen molar-refractivity contribution in [2.75, 3.05) is 37.6 Å². The van der Waals surface area contributed by atoms with Gasteiger partial charge in [-0.1, -0.05) is 18.2 Å². The van der Waals surface area contributed by atoms with E-state index in [2.05, 4.69) is 27.0 Å². The van der Waals surface area contributed by atoms with Crippen LogP contribution in [-0.4, -0.2) is 50.5 Å². The predicted molar refractivity (Wildman–Crippen MR) is 107 cm³/mol. The van der Waals surface area contributed by atoms with Gasteiger partial charge in [-0.3, -0.25) is 9.59 Å². The lowest BCUT2D eigenvalue weighted by Gasteiger charge is -2.29. The highest BCUT2D eigenvalue weighted by atomic mass is 16.2. The summed E-state index contributed by atoms with van der Waals surface area (Å²) in [4.78, 5) is 30.6. The Hall–Kier alpha value is -2.57. The number of nitrogens with one attached hydrogen (secondary N) is 3. The molecular weight excluding hydrogens is 342 g/mol. The standard InChI is InChI=1S/C20H29N5O2/c1-2-21-20(23-12-11-22-19(27)16-9-10-16)24-14-18(26)25-13-5-7-15-6-3-4-8-17(15)25/h3-4,6,8,16H,2,5,7,9-14H2,1H3,(H,22,27)(H2,21,23,24). The van der Waals surface area contributed by atoms with Crippen LogP contribution >= 0.6 is 0 Å². The summed E-state index contributed by atoms with van der Waals surface area (Å²) >= 11 is 0. The summed E-state index contributed by atoms with van der Waals surface area (Å²) in [6.07, 6.45) is 4.00. The molecule has 1 fully saturated rings. The molecule has 7 nitrogen and oxygen atoms in total. The smallest absolute Gasteiger partial charge is 0.248 e. The molecule has 3 rings (SSSR count). The van der Waals surface area contributed by atoms with E-state index in [1.807, 2.05) is 30.0 Å². The second-order valence-corrected chi connectivity index (χ2v) is 6.96. The van der Waals surface area contributed by atoms with E-state index in [9.17, 15) is 9.59 Å². The number of carbonyl (C=O) groups is 2. The van der Waals surface area contributed by atoms with E-state index in [0.29, 0.717) is 25.6 Å². The minimum Gasteiger partial charge on any atom is -0.357 e. The highest BCUT2D eigenvalue weighted by molar-refractivity contribution is 5.97. The zero-order valence-electron chi connectivity index (χ0n) is 16.0. The number of hydrogen-bond donors (Lipinski definition) is 3. The Morgan fingerprint density at radius 1 is 1.15 bits per heavy atom. The Morgan fingerprint density at radius 2 is 1.93 bits per heavy atom. The van der Waals surface area contributed by atoms with Crippen molar-refractivity contribution < 1.29 is 9.59 Å². The van der Waals surface area contributed by atoms with Crippen LogP contribution in [0.1, 0.15) is 31.7 Å². The van der Waals surface area contributed by atoms with Crippen molar-refractivity contribution in [1.82, 2.24) is 16.0 Å². The summed E-state index contributed by atoms with van der Waals surface area (Å²) in [5.74, 6) is 0.952. The minimum absolute atomic E-state index is 0.00129. The van der Waals surface area contributed by atoms with Gasteiger partial charge in [0, 0.05) is 37.8 Å². The van der Waals surface area contributed by atoms with Gasteiger partial charge in [0.25, 0.3) is 0 Å². The first-order chi connectivity index (χ1) is 13.2. The number of rotatable bonds is 7. The molecule has 146 valence electrons. The fourth-order valence-electron chi connectivity index (χ4n) is 3.22. The molecule has 1 aromatic carbocycles. The topological polar surface area (TPSA) is 85.8 Å². The summed E-state index contributed by atoms with van der Waals surface area (Å²) in [5.41, 5.74) is 2.22. The van der Waals surface area contributed by atoms with Gasteiger partial charge in [0.05, 0.1) is 0 Å². The predicted octanol–water partition coefficient (Wildman–Crippen LogP) is 1.05. The highest BCUT2D eigenvalue weighted by Crippen LogP contribution is 2.28. The molecule has 2 aliphatic rings. The molecule has 0 atom stereocenters. The maximum atomic E-state index is 12.7. The van der Waals surface area contributed by atoms with Gasteiger partial charge in [0.1, 0.15) is 6.54 Å². The maximum Gasteiger partial charge on any atom is 0.248 e. The van der Waals surface area contributed by atoms with Crippen molar-refractivity contribution in [3.63, 3.8) is 0 Å². The molecule has 7 heteroatoms. The van der Waals surface area contributed by atoms with Crippen molar-refractivity contribution in [3.8, 4) is 0 Å². The molecule has 1 saturated carbocycles. The largest absolute Gasteiger partial charge is 0.357 e. The Bertz CT molecular complexity index is 699. The van der Waals surface area contributed by atoms with Gasteiger partial charge in [-0.15, -0.1) is 0 Å². The summed E-state index contributed by atoms with van der Waals surface area (Å²) in [5, 5.41) is 9.22. The molecule has 0 bridgehead atoms. The second kappa shape index (κ2) is 9.39. The van der Waals surface area contributed by atoms with Gasteiger partial charge in [0.2, 0.25) is 11.8 Å².